The van der Waals surface area contributed by atoms with E-state index in [1.165, 1.54) is 6.20 Å². The fourth-order valence-electron chi connectivity index (χ4n) is 0.895. The van der Waals surface area contributed by atoms with Crippen molar-refractivity contribution < 1.29 is 9.53 Å². The zero-order valence-electron chi connectivity index (χ0n) is 7.86. The summed E-state index contributed by atoms with van der Waals surface area (Å²) in [6, 6.07) is 3.31. The predicted molar refractivity (Wildman–Crippen MR) is 57.0 cm³/mol. The summed E-state index contributed by atoms with van der Waals surface area (Å²) < 4.78 is 4.92. The number of nitrogens with one attached hydrogen (secondary N) is 1. The van der Waals surface area contributed by atoms with Crippen LogP contribution < -0.4 is 10.1 Å². The van der Waals surface area contributed by atoms with Crippen LogP contribution in [0.5, 0.6) is 5.75 Å². The number of hydrogen-bond acceptors (Lipinski definition) is 4. The van der Waals surface area contributed by atoms with Gasteiger partial charge in [-0.15, -0.1) is 0 Å². The molecular formula is C9H12N2O2S. The summed E-state index contributed by atoms with van der Waals surface area (Å²) in [5.41, 5.74) is 0.382. The molecule has 1 aromatic heterocycles. The summed E-state index contributed by atoms with van der Waals surface area (Å²) >= 11 is 3.98. The Kier molecular flexibility index (Phi) is 4.25. The molecule has 0 aliphatic rings. The molecule has 1 heterocycles. The van der Waals surface area contributed by atoms with Crippen LogP contribution in [-0.4, -0.2) is 30.3 Å². The molecule has 0 spiro atoms. The SMILES string of the molecule is COc1ccc(C(=O)NCCS)nc1. The molecule has 0 fully saturated rings. The third-order valence-corrected chi connectivity index (χ3v) is 1.83. The number of hydrogen-bond donors (Lipinski definition) is 2. The van der Waals surface area contributed by atoms with Crippen molar-refractivity contribution in [3.63, 3.8) is 0 Å². The standard InChI is InChI=1S/C9H12N2O2S/c1-13-7-2-3-8(11-6-7)9(12)10-4-5-14/h2-3,6,14H,4-5H2,1H3,(H,10,12). The minimum absolute atomic E-state index is 0.193. The molecule has 0 radical (unpaired) electrons. The van der Waals surface area contributed by atoms with Gasteiger partial charge in [-0.2, -0.15) is 12.6 Å². The number of amides is 1. The minimum atomic E-state index is -0.193. The lowest BCUT2D eigenvalue weighted by Gasteiger charge is -2.03. The first kappa shape index (κ1) is 10.8. The maximum absolute atomic E-state index is 11.4. The molecular weight excluding hydrogens is 200 g/mol. The average molecular weight is 212 g/mol. The van der Waals surface area contributed by atoms with E-state index in [1.807, 2.05) is 0 Å². The van der Waals surface area contributed by atoms with Crippen LogP contribution in [0.4, 0.5) is 0 Å². The molecule has 76 valence electrons. The number of aromatic nitrogens is 1. The monoisotopic (exact) mass is 212 g/mol. The van der Waals surface area contributed by atoms with E-state index >= 15 is 0 Å². The quantitative estimate of drug-likeness (QED) is 0.724. The van der Waals surface area contributed by atoms with Gasteiger partial charge in [-0.25, -0.2) is 4.98 Å². The first-order valence-corrected chi connectivity index (χ1v) is 4.80. The fraction of sp³-hybridized carbons (Fsp3) is 0.333. The number of carbonyl (C=O) groups excluding carboxylic acids is 1. The van der Waals surface area contributed by atoms with Gasteiger partial charge in [-0.3, -0.25) is 4.79 Å². The molecule has 0 saturated heterocycles. The van der Waals surface area contributed by atoms with E-state index in [-0.39, 0.29) is 5.91 Å². The van der Waals surface area contributed by atoms with Gasteiger partial charge in [0.15, 0.2) is 0 Å². The van der Waals surface area contributed by atoms with E-state index in [1.54, 1.807) is 19.2 Å². The molecule has 0 saturated carbocycles. The third-order valence-electron chi connectivity index (χ3n) is 1.60. The van der Waals surface area contributed by atoms with E-state index in [4.69, 9.17) is 4.74 Å². The van der Waals surface area contributed by atoms with Gasteiger partial charge in [0.25, 0.3) is 5.91 Å². The van der Waals surface area contributed by atoms with Crippen LogP contribution in [0, 0.1) is 0 Å². The van der Waals surface area contributed by atoms with Crippen molar-refractivity contribution in [1.82, 2.24) is 10.3 Å². The van der Waals surface area contributed by atoms with Gasteiger partial charge in [0.1, 0.15) is 11.4 Å². The van der Waals surface area contributed by atoms with E-state index in [2.05, 4.69) is 22.9 Å². The van der Waals surface area contributed by atoms with Crippen molar-refractivity contribution in [2.45, 2.75) is 0 Å². The summed E-state index contributed by atoms with van der Waals surface area (Å²) in [7, 11) is 1.55. The maximum Gasteiger partial charge on any atom is 0.269 e. The summed E-state index contributed by atoms with van der Waals surface area (Å²) in [6.45, 7) is 0.537. The molecule has 0 aliphatic heterocycles. The predicted octanol–water partition coefficient (Wildman–Crippen LogP) is 0.750. The second kappa shape index (κ2) is 5.49. The Bertz CT molecular complexity index is 300. The highest BCUT2D eigenvalue weighted by molar-refractivity contribution is 7.80. The Morgan fingerprint density at radius 2 is 2.43 bits per heavy atom. The number of pyridine rings is 1. The molecule has 0 aromatic carbocycles. The van der Waals surface area contributed by atoms with Crippen LogP contribution in [-0.2, 0) is 0 Å². The van der Waals surface area contributed by atoms with Crippen molar-refractivity contribution in [2.24, 2.45) is 0 Å². The van der Waals surface area contributed by atoms with Gasteiger partial charge < -0.3 is 10.1 Å². The molecule has 1 amide bonds. The van der Waals surface area contributed by atoms with Crippen molar-refractivity contribution in [1.29, 1.82) is 0 Å². The Balaban J connectivity index is 2.62. The van der Waals surface area contributed by atoms with Crippen molar-refractivity contribution in [2.75, 3.05) is 19.4 Å². The fourth-order valence-corrected chi connectivity index (χ4v) is 1.01. The van der Waals surface area contributed by atoms with Gasteiger partial charge in [-0.1, -0.05) is 0 Å². The third kappa shape index (κ3) is 2.92. The van der Waals surface area contributed by atoms with Gasteiger partial charge >= 0.3 is 0 Å². The molecule has 0 aliphatic carbocycles. The Hall–Kier alpha value is -1.23. The van der Waals surface area contributed by atoms with E-state index in [9.17, 15) is 4.79 Å². The van der Waals surface area contributed by atoms with E-state index in [0.717, 1.165) is 0 Å². The van der Waals surface area contributed by atoms with Gasteiger partial charge in [0.05, 0.1) is 13.3 Å². The van der Waals surface area contributed by atoms with Gasteiger partial charge in [0.2, 0.25) is 0 Å². The number of carbonyl (C=O) groups is 1. The first-order chi connectivity index (χ1) is 6.77. The smallest absolute Gasteiger partial charge is 0.269 e. The Morgan fingerprint density at radius 1 is 1.64 bits per heavy atom. The molecule has 5 heteroatoms. The normalized spacial score (nSPS) is 9.57. The van der Waals surface area contributed by atoms with Crippen LogP contribution >= 0.6 is 12.6 Å². The zero-order valence-corrected chi connectivity index (χ0v) is 8.75. The molecule has 0 unspecified atom stereocenters. The van der Waals surface area contributed by atoms with E-state index in [0.29, 0.717) is 23.7 Å². The van der Waals surface area contributed by atoms with Crippen LogP contribution in [0.15, 0.2) is 18.3 Å². The number of rotatable bonds is 4. The lowest BCUT2D eigenvalue weighted by atomic mass is 10.3. The number of thiol groups is 1. The Morgan fingerprint density at radius 3 is 2.93 bits per heavy atom. The number of methoxy groups -OCH3 is 1. The van der Waals surface area contributed by atoms with Crippen LogP contribution in [0.3, 0.4) is 0 Å². The number of ether oxygens (including phenoxy) is 1. The topological polar surface area (TPSA) is 51.2 Å². The van der Waals surface area contributed by atoms with Gasteiger partial charge in [0, 0.05) is 12.3 Å². The summed E-state index contributed by atoms with van der Waals surface area (Å²) in [5.74, 6) is 1.06. The van der Waals surface area contributed by atoms with Crippen LogP contribution in [0.1, 0.15) is 10.5 Å². The second-order valence-electron chi connectivity index (χ2n) is 2.56. The van der Waals surface area contributed by atoms with Crippen molar-refractivity contribution >= 4 is 18.5 Å². The Labute approximate surface area is 88.1 Å². The molecule has 1 aromatic rings. The molecule has 14 heavy (non-hydrogen) atoms. The van der Waals surface area contributed by atoms with E-state index < -0.39 is 0 Å². The summed E-state index contributed by atoms with van der Waals surface area (Å²) in [6.07, 6.45) is 1.51. The zero-order chi connectivity index (χ0) is 10.4. The molecule has 4 nitrogen and oxygen atoms in total. The lowest BCUT2D eigenvalue weighted by Crippen LogP contribution is -2.26. The highest BCUT2D eigenvalue weighted by atomic mass is 32.1. The van der Waals surface area contributed by atoms with Crippen LogP contribution in [0.2, 0.25) is 0 Å². The molecule has 0 atom stereocenters. The molecule has 1 rings (SSSR count). The highest BCUT2D eigenvalue weighted by Gasteiger charge is 2.05. The van der Waals surface area contributed by atoms with Crippen molar-refractivity contribution in [3.05, 3.63) is 24.0 Å². The number of nitrogens with zero attached hydrogens (tertiary/aromatic N) is 1. The molecule has 1 N–H and O–H groups in total. The summed E-state index contributed by atoms with van der Waals surface area (Å²) in [5, 5.41) is 2.67. The second-order valence-corrected chi connectivity index (χ2v) is 3.01. The lowest BCUT2D eigenvalue weighted by molar-refractivity contribution is 0.0951. The highest BCUT2D eigenvalue weighted by Crippen LogP contribution is 2.07. The minimum Gasteiger partial charge on any atom is -0.495 e. The summed E-state index contributed by atoms with van der Waals surface area (Å²) in [4.78, 5) is 15.3. The maximum atomic E-state index is 11.4. The largest absolute Gasteiger partial charge is 0.495 e. The first-order valence-electron chi connectivity index (χ1n) is 4.17. The van der Waals surface area contributed by atoms with Crippen LogP contribution in [0.25, 0.3) is 0 Å². The average Bonchev–Trinajstić information content (AvgIpc) is 2.26. The van der Waals surface area contributed by atoms with Crippen molar-refractivity contribution in [3.8, 4) is 5.75 Å². The molecule has 0 bridgehead atoms. The van der Waals surface area contributed by atoms with Gasteiger partial charge in [-0.05, 0) is 12.1 Å².